The minimum Gasteiger partial charge on any atom is -0.504 e. The van der Waals surface area contributed by atoms with E-state index in [-0.39, 0.29) is 29.1 Å². The highest BCUT2D eigenvalue weighted by molar-refractivity contribution is 5.99. The molecular weight excluding hydrogens is 356 g/mol. The molecule has 2 N–H and O–H groups in total. The van der Waals surface area contributed by atoms with Gasteiger partial charge in [0.2, 0.25) is 0 Å². The van der Waals surface area contributed by atoms with E-state index in [1.165, 1.54) is 0 Å². The van der Waals surface area contributed by atoms with Crippen molar-refractivity contribution >= 4 is 5.78 Å². The summed E-state index contributed by atoms with van der Waals surface area (Å²) in [6, 6.07) is 3.35. The molecule has 146 valence electrons. The van der Waals surface area contributed by atoms with Gasteiger partial charge >= 0.3 is 0 Å². The Bertz CT molecular complexity index is 991. The Morgan fingerprint density at radius 3 is 2.50 bits per heavy atom. The predicted molar refractivity (Wildman–Crippen MR) is 104 cm³/mol. The lowest BCUT2D eigenvalue weighted by Crippen LogP contribution is -2.11. The van der Waals surface area contributed by atoms with Crippen molar-refractivity contribution in [3.63, 3.8) is 0 Å². The summed E-state index contributed by atoms with van der Waals surface area (Å²) >= 11 is 0. The third kappa shape index (κ3) is 2.56. The van der Waals surface area contributed by atoms with E-state index in [9.17, 15) is 15.0 Å². The number of aromatic hydroxyl groups is 2. The summed E-state index contributed by atoms with van der Waals surface area (Å²) < 4.78 is 12.2. The molecule has 0 radical (unpaired) electrons. The van der Waals surface area contributed by atoms with Gasteiger partial charge in [0.15, 0.2) is 28.8 Å². The Kier molecular flexibility index (Phi) is 4.00. The molecule has 5 nitrogen and oxygen atoms in total. The zero-order valence-electron chi connectivity index (χ0n) is 16.0. The predicted octanol–water partition coefficient (Wildman–Crippen LogP) is 4.61. The van der Waals surface area contributed by atoms with Gasteiger partial charge in [-0.05, 0) is 57.6 Å². The lowest BCUT2D eigenvalue weighted by Gasteiger charge is -2.23. The number of benzene rings is 2. The molecule has 0 spiro atoms. The Morgan fingerprint density at radius 1 is 0.929 bits per heavy atom. The highest BCUT2D eigenvalue weighted by atomic mass is 16.5. The van der Waals surface area contributed by atoms with Crippen molar-refractivity contribution in [2.24, 2.45) is 0 Å². The van der Waals surface area contributed by atoms with Crippen molar-refractivity contribution in [3.8, 4) is 28.7 Å². The molecular formula is C23H24O5. The second-order valence-electron chi connectivity index (χ2n) is 8.10. The molecule has 2 aromatic rings. The van der Waals surface area contributed by atoms with Crippen molar-refractivity contribution in [1.82, 2.24) is 0 Å². The SMILES string of the molecule is CC1Cc2c(Oc3ccc4c(c3O)CCCC4=O)c(O)c3c(c2O1)CCCC3. The summed E-state index contributed by atoms with van der Waals surface area (Å²) in [7, 11) is 0. The highest BCUT2D eigenvalue weighted by Gasteiger charge is 2.34. The summed E-state index contributed by atoms with van der Waals surface area (Å²) in [5.41, 5.74) is 4.11. The highest BCUT2D eigenvalue weighted by Crippen LogP contribution is 2.52. The van der Waals surface area contributed by atoms with Crippen molar-refractivity contribution < 1.29 is 24.5 Å². The Hall–Kier alpha value is -2.69. The maximum absolute atomic E-state index is 12.1. The Labute approximate surface area is 163 Å². The molecule has 0 saturated carbocycles. The van der Waals surface area contributed by atoms with E-state index in [0.29, 0.717) is 36.1 Å². The number of carbonyl (C=O) groups excluding carboxylic acids is 1. The van der Waals surface area contributed by atoms with Gasteiger partial charge in [0.25, 0.3) is 0 Å². The molecule has 28 heavy (non-hydrogen) atoms. The van der Waals surface area contributed by atoms with Gasteiger partial charge in [-0.1, -0.05) is 0 Å². The summed E-state index contributed by atoms with van der Waals surface area (Å²) in [5.74, 6) is 1.74. The molecule has 0 amide bonds. The number of carbonyl (C=O) groups is 1. The van der Waals surface area contributed by atoms with E-state index in [1.807, 2.05) is 6.92 Å². The van der Waals surface area contributed by atoms with E-state index in [4.69, 9.17) is 9.47 Å². The first kappa shape index (κ1) is 17.4. The number of phenols is 2. The number of hydrogen-bond acceptors (Lipinski definition) is 5. The number of ether oxygens (including phenoxy) is 2. The maximum atomic E-state index is 12.1. The zero-order chi connectivity index (χ0) is 19.4. The van der Waals surface area contributed by atoms with Crippen molar-refractivity contribution in [2.75, 3.05) is 0 Å². The van der Waals surface area contributed by atoms with Crippen LogP contribution < -0.4 is 9.47 Å². The maximum Gasteiger partial charge on any atom is 0.176 e. The van der Waals surface area contributed by atoms with Crippen LogP contribution in [0.5, 0.6) is 28.7 Å². The molecule has 0 fully saturated rings. The van der Waals surface area contributed by atoms with Gasteiger partial charge in [0.1, 0.15) is 11.9 Å². The Morgan fingerprint density at radius 2 is 1.68 bits per heavy atom. The monoisotopic (exact) mass is 380 g/mol. The molecule has 1 atom stereocenters. The molecule has 1 unspecified atom stereocenters. The fourth-order valence-corrected chi connectivity index (χ4v) is 4.83. The number of rotatable bonds is 2. The van der Waals surface area contributed by atoms with Crippen LogP contribution in [0.1, 0.15) is 65.2 Å². The first-order valence-corrected chi connectivity index (χ1v) is 10.2. The molecule has 0 aromatic heterocycles. The topological polar surface area (TPSA) is 76.0 Å². The summed E-state index contributed by atoms with van der Waals surface area (Å²) in [6.45, 7) is 2.01. The normalized spacial score (nSPS) is 20.2. The minimum atomic E-state index is 0.00313. The Balaban J connectivity index is 1.62. The first-order valence-electron chi connectivity index (χ1n) is 10.2. The second-order valence-corrected chi connectivity index (χ2v) is 8.10. The second kappa shape index (κ2) is 6.43. The summed E-state index contributed by atoms with van der Waals surface area (Å²) in [6.07, 6.45) is 6.41. The fraction of sp³-hybridized carbons (Fsp3) is 0.435. The van der Waals surface area contributed by atoms with Crippen LogP contribution in [0, 0.1) is 0 Å². The number of ketones is 1. The van der Waals surface area contributed by atoms with Gasteiger partial charge in [-0.3, -0.25) is 4.79 Å². The third-order valence-corrected chi connectivity index (χ3v) is 6.19. The fourth-order valence-electron chi connectivity index (χ4n) is 4.83. The largest absolute Gasteiger partial charge is 0.504 e. The summed E-state index contributed by atoms with van der Waals surface area (Å²) in [4.78, 5) is 12.1. The van der Waals surface area contributed by atoms with Crippen LogP contribution in [0.2, 0.25) is 0 Å². The van der Waals surface area contributed by atoms with E-state index in [0.717, 1.165) is 54.5 Å². The minimum absolute atomic E-state index is 0.00313. The molecule has 0 saturated heterocycles. The number of hydrogen-bond donors (Lipinski definition) is 2. The number of fused-ring (bicyclic) bond motifs is 4. The molecule has 1 aliphatic heterocycles. The number of phenolic OH excluding ortho intramolecular Hbond substituents is 2. The van der Waals surface area contributed by atoms with Gasteiger partial charge in [-0.25, -0.2) is 0 Å². The average Bonchev–Trinajstić information content (AvgIpc) is 3.09. The van der Waals surface area contributed by atoms with E-state index < -0.39 is 0 Å². The summed E-state index contributed by atoms with van der Waals surface area (Å²) in [5, 5.41) is 21.8. The van der Waals surface area contributed by atoms with Gasteiger partial charge in [-0.2, -0.15) is 0 Å². The quantitative estimate of drug-likeness (QED) is 0.796. The van der Waals surface area contributed by atoms with Crippen LogP contribution in [-0.2, 0) is 25.7 Å². The van der Waals surface area contributed by atoms with Crippen LogP contribution in [0.25, 0.3) is 0 Å². The average molecular weight is 380 g/mol. The lowest BCUT2D eigenvalue weighted by atomic mass is 9.87. The standard InChI is InChI=1S/C23H24O5/c1-12-11-17-22(27-12)16-6-3-2-5-15(16)21(26)23(17)28-19-10-9-13-14(20(19)25)7-4-8-18(13)24/h9-10,12,25-26H,2-8,11H2,1H3. The van der Waals surface area contributed by atoms with Gasteiger partial charge < -0.3 is 19.7 Å². The first-order chi connectivity index (χ1) is 13.5. The number of Topliss-reactive ketones (excluding diaryl/α,β-unsaturated/α-hetero) is 1. The van der Waals surface area contributed by atoms with Crippen molar-refractivity contribution in [3.05, 3.63) is 39.9 Å². The lowest BCUT2D eigenvalue weighted by molar-refractivity contribution is 0.0971. The molecule has 2 aliphatic carbocycles. The molecule has 2 aromatic carbocycles. The van der Waals surface area contributed by atoms with Gasteiger partial charge in [0.05, 0.1) is 0 Å². The van der Waals surface area contributed by atoms with Crippen molar-refractivity contribution in [1.29, 1.82) is 0 Å². The molecule has 5 rings (SSSR count). The zero-order valence-corrected chi connectivity index (χ0v) is 16.0. The van der Waals surface area contributed by atoms with Crippen LogP contribution in [-0.4, -0.2) is 22.1 Å². The molecule has 5 heteroatoms. The van der Waals surface area contributed by atoms with Crippen LogP contribution in [0.4, 0.5) is 0 Å². The molecule has 1 heterocycles. The molecule has 3 aliphatic rings. The third-order valence-electron chi connectivity index (χ3n) is 6.19. The van der Waals surface area contributed by atoms with Gasteiger partial charge in [0, 0.05) is 40.7 Å². The van der Waals surface area contributed by atoms with Crippen LogP contribution in [0.15, 0.2) is 12.1 Å². The van der Waals surface area contributed by atoms with Gasteiger partial charge in [-0.15, -0.1) is 0 Å². The van der Waals surface area contributed by atoms with Crippen LogP contribution in [0.3, 0.4) is 0 Å². The smallest absolute Gasteiger partial charge is 0.176 e. The van der Waals surface area contributed by atoms with Crippen LogP contribution >= 0.6 is 0 Å². The van der Waals surface area contributed by atoms with E-state index in [2.05, 4.69) is 0 Å². The van der Waals surface area contributed by atoms with Crippen molar-refractivity contribution in [2.45, 2.75) is 64.4 Å². The van der Waals surface area contributed by atoms with E-state index >= 15 is 0 Å². The molecule has 0 bridgehead atoms. The van der Waals surface area contributed by atoms with E-state index in [1.54, 1.807) is 12.1 Å².